The summed E-state index contributed by atoms with van der Waals surface area (Å²) in [5.74, 6) is 0.836. The number of hydrogen-bond acceptors (Lipinski definition) is 3. The first-order valence-corrected chi connectivity index (χ1v) is 6.56. The molecule has 0 aromatic carbocycles. The van der Waals surface area contributed by atoms with Gasteiger partial charge in [0, 0.05) is 23.9 Å². The highest BCUT2D eigenvalue weighted by atomic mass is 35.5. The molecule has 1 aliphatic heterocycles. The van der Waals surface area contributed by atoms with Gasteiger partial charge in [-0.1, -0.05) is 20.8 Å². The molecule has 1 aliphatic rings. The molecule has 3 nitrogen and oxygen atoms in total. The molecule has 0 saturated carbocycles. The molecule has 0 aliphatic carbocycles. The highest BCUT2D eigenvalue weighted by Gasteiger charge is 2.28. The number of carbonyl (C=O) groups is 1. The minimum absolute atomic E-state index is 0. The van der Waals surface area contributed by atoms with Crippen LogP contribution < -0.4 is 5.73 Å². The van der Waals surface area contributed by atoms with E-state index in [9.17, 15) is 4.79 Å². The third-order valence-corrected chi connectivity index (χ3v) is 3.86. The van der Waals surface area contributed by atoms with Crippen LogP contribution in [0.5, 0.6) is 0 Å². The van der Waals surface area contributed by atoms with Crippen molar-refractivity contribution in [3.05, 3.63) is 0 Å². The van der Waals surface area contributed by atoms with Gasteiger partial charge >= 0.3 is 0 Å². The van der Waals surface area contributed by atoms with Gasteiger partial charge < -0.3 is 10.6 Å². The molecule has 2 N–H and O–H groups in total. The smallest absolute Gasteiger partial charge is 0.232 e. The summed E-state index contributed by atoms with van der Waals surface area (Å²) >= 11 is 1.71. The number of thioether (sulfide) groups is 1. The molecule has 0 bridgehead atoms. The van der Waals surface area contributed by atoms with E-state index in [-0.39, 0.29) is 29.1 Å². The molecule has 0 radical (unpaired) electrons. The van der Waals surface area contributed by atoms with Crippen LogP contribution in [0.3, 0.4) is 0 Å². The Labute approximate surface area is 109 Å². The summed E-state index contributed by atoms with van der Waals surface area (Å²) in [6.07, 6.45) is 2.18. The maximum absolute atomic E-state index is 11.9. The van der Waals surface area contributed by atoms with E-state index in [1.54, 1.807) is 11.8 Å². The lowest BCUT2D eigenvalue weighted by Crippen LogP contribution is -2.41. The van der Waals surface area contributed by atoms with Crippen molar-refractivity contribution in [2.24, 2.45) is 5.73 Å². The first kappa shape index (κ1) is 16.1. The number of nitrogens with zero attached hydrogens (tertiary/aromatic N) is 1. The number of nitrogens with two attached hydrogens (primary N) is 1. The van der Waals surface area contributed by atoms with Gasteiger partial charge in [-0.3, -0.25) is 4.79 Å². The maximum atomic E-state index is 11.9. The van der Waals surface area contributed by atoms with Crippen LogP contribution in [0.1, 0.15) is 33.6 Å². The van der Waals surface area contributed by atoms with E-state index in [1.165, 1.54) is 0 Å². The van der Waals surface area contributed by atoms with Crippen molar-refractivity contribution in [1.29, 1.82) is 0 Å². The number of amides is 1. The molecule has 0 spiro atoms. The lowest BCUT2D eigenvalue weighted by atomic mass is 10.2. The Morgan fingerprint density at radius 1 is 1.50 bits per heavy atom. The second kappa shape index (κ2) is 6.72. The minimum Gasteiger partial charge on any atom is -0.338 e. The topological polar surface area (TPSA) is 46.3 Å². The number of carbonyl (C=O) groups excluding carboxylic acids is 1. The number of hydrogen-bond donors (Lipinski definition) is 1. The van der Waals surface area contributed by atoms with Crippen LogP contribution in [0.2, 0.25) is 0 Å². The van der Waals surface area contributed by atoms with Crippen molar-refractivity contribution in [1.82, 2.24) is 4.90 Å². The predicted octanol–water partition coefficient (Wildman–Crippen LogP) is 1.89. The monoisotopic (exact) mass is 266 g/mol. The lowest BCUT2D eigenvalue weighted by molar-refractivity contribution is -0.129. The van der Waals surface area contributed by atoms with E-state index in [4.69, 9.17) is 5.73 Å². The molecule has 0 aromatic rings. The summed E-state index contributed by atoms with van der Waals surface area (Å²) < 4.78 is 0.160. The van der Waals surface area contributed by atoms with E-state index < -0.39 is 0 Å². The Morgan fingerprint density at radius 2 is 2.12 bits per heavy atom. The Morgan fingerprint density at radius 3 is 2.62 bits per heavy atom. The normalized spacial score (nSPS) is 20.8. The Balaban J connectivity index is 0.00000225. The van der Waals surface area contributed by atoms with Gasteiger partial charge in [0.25, 0.3) is 0 Å². The van der Waals surface area contributed by atoms with E-state index in [0.29, 0.717) is 12.3 Å². The quantitative estimate of drug-likeness (QED) is 0.849. The van der Waals surface area contributed by atoms with Crippen molar-refractivity contribution in [3.63, 3.8) is 0 Å². The fourth-order valence-corrected chi connectivity index (χ4v) is 2.49. The molecule has 96 valence electrons. The third kappa shape index (κ3) is 4.93. The van der Waals surface area contributed by atoms with E-state index in [0.717, 1.165) is 19.4 Å². The summed E-state index contributed by atoms with van der Waals surface area (Å²) in [4.78, 5) is 13.9. The molecule has 1 amide bonds. The number of rotatable bonds is 3. The van der Waals surface area contributed by atoms with Crippen molar-refractivity contribution < 1.29 is 4.79 Å². The summed E-state index contributed by atoms with van der Waals surface area (Å²) in [5.41, 5.74) is 5.64. The number of likely N-dealkylation sites (tertiary alicyclic amines) is 1. The summed E-state index contributed by atoms with van der Waals surface area (Å²) in [5, 5.41) is 0. The molecule has 1 heterocycles. The summed E-state index contributed by atoms with van der Waals surface area (Å²) in [6, 6.07) is 0.290. The van der Waals surface area contributed by atoms with Gasteiger partial charge in [-0.05, 0) is 12.8 Å². The van der Waals surface area contributed by atoms with Gasteiger partial charge in [-0.15, -0.1) is 24.2 Å². The van der Waals surface area contributed by atoms with E-state index in [1.807, 2.05) is 4.90 Å². The molecular weight excluding hydrogens is 244 g/mol. The lowest BCUT2D eigenvalue weighted by Gasteiger charge is -2.25. The van der Waals surface area contributed by atoms with Crippen LogP contribution in [0.4, 0.5) is 0 Å². The fraction of sp³-hybridized carbons (Fsp3) is 0.909. The van der Waals surface area contributed by atoms with Gasteiger partial charge in [0.15, 0.2) is 0 Å². The van der Waals surface area contributed by atoms with Crippen LogP contribution in [0.15, 0.2) is 0 Å². The Bertz CT molecular complexity index is 231. The average Bonchev–Trinajstić information content (AvgIpc) is 2.60. The van der Waals surface area contributed by atoms with Crippen molar-refractivity contribution in [2.75, 3.05) is 18.8 Å². The van der Waals surface area contributed by atoms with Crippen LogP contribution in [0.25, 0.3) is 0 Å². The minimum atomic E-state index is 0. The molecule has 1 rings (SSSR count). The predicted molar refractivity (Wildman–Crippen MR) is 73.2 cm³/mol. The van der Waals surface area contributed by atoms with Gasteiger partial charge in [0.2, 0.25) is 5.91 Å². The first-order valence-electron chi connectivity index (χ1n) is 5.57. The van der Waals surface area contributed by atoms with Crippen LogP contribution >= 0.6 is 24.2 Å². The van der Waals surface area contributed by atoms with E-state index >= 15 is 0 Å². The Kier molecular flexibility index (Phi) is 6.75. The first-order chi connectivity index (χ1) is 6.94. The highest BCUT2D eigenvalue weighted by Crippen LogP contribution is 2.25. The molecule has 1 unspecified atom stereocenters. The molecule has 1 fully saturated rings. The average molecular weight is 267 g/mol. The molecule has 16 heavy (non-hydrogen) atoms. The largest absolute Gasteiger partial charge is 0.338 e. The second-order valence-electron chi connectivity index (χ2n) is 5.02. The van der Waals surface area contributed by atoms with Gasteiger partial charge in [-0.25, -0.2) is 0 Å². The molecule has 1 saturated heterocycles. The van der Waals surface area contributed by atoms with Crippen LogP contribution in [-0.2, 0) is 4.79 Å². The molecule has 1 atom stereocenters. The third-order valence-electron chi connectivity index (χ3n) is 2.60. The van der Waals surface area contributed by atoms with Crippen molar-refractivity contribution >= 4 is 30.1 Å². The number of halogens is 1. The highest BCUT2D eigenvalue weighted by molar-refractivity contribution is 8.01. The fourth-order valence-electron chi connectivity index (χ4n) is 1.77. The van der Waals surface area contributed by atoms with Gasteiger partial charge in [0.1, 0.15) is 0 Å². The zero-order valence-corrected chi connectivity index (χ0v) is 12.0. The molecule has 5 heteroatoms. The molecular formula is C11H23ClN2OS. The summed E-state index contributed by atoms with van der Waals surface area (Å²) in [6.45, 7) is 7.90. The van der Waals surface area contributed by atoms with E-state index in [2.05, 4.69) is 20.8 Å². The van der Waals surface area contributed by atoms with Gasteiger partial charge in [-0.2, -0.15) is 0 Å². The van der Waals surface area contributed by atoms with Crippen LogP contribution in [-0.4, -0.2) is 40.4 Å². The summed E-state index contributed by atoms with van der Waals surface area (Å²) in [7, 11) is 0. The van der Waals surface area contributed by atoms with Crippen molar-refractivity contribution in [2.45, 2.75) is 44.4 Å². The van der Waals surface area contributed by atoms with Gasteiger partial charge in [0.05, 0.1) is 5.75 Å². The second-order valence-corrected chi connectivity index (χ2v) is 6.82. The Hall–Kier alpha value is 0.0700. The molecule has 0 aromatic heterocycles. The maximum Gasteiger partial charge on any atom is 0.232 e. The van der Waals surface area contributed by atoms with Crippen LogP contribution in [0, 0.1) is 0 Å². The standard InChI is InChI=1S/C11H22N2OS.ClH/c1-11(2,3)15-8-10(14)13-6-4-5-9(13)7-12;/h9H,4-8,12H2,1-3H3;1H. The SMILES string of the molecule is CC(C)(C)SCC(=O)N1CCCC1CN.Cl. The zero-order chi connectivity index (χ0) is 11.5. The van der Waals surface area contributed by atoms with Crippen molar-refractivity contribution in [3.8, 4) is 0 Å². The zero-order valence-electron chi connectivity index (χ0n) is 10.4.